The van der Waals surface area contributed by atoms with Crippen LogP contribution < -0.4 is 4.65 Å². The molecule has 5 heteroatoms. The molecule has 0 amide bonds. The van der Waals surface area contributed by atoms with E-state index in [4.69, 9.17) is 4.65 Å². The van der Waals surface area contributed by atoms with Crippen molar-refractivity contribution in [2.45, 2.75) is 19.8 Å². The first kappa shape index (κ1) is 11.1. The maximum absolute atomic E-state index is 9.85. The molecule has 1 saturated carbocycles. The van der Waals surface area contributed by atoms with Crippen LogP contribution in [0.2, 0.25) is 0 Å². The predicted molar refractivity (Wildman–Crippen MR) is 74.6 cm³/mol. The fourth-order valence-corrected chi connectivity index (χ4v) is 3.27. The lowest BCUT2D eigenvalue weighted by Gasteiger charge is -2.37. The van der Waals surface area contributed by atoms with Crippen molar-refractivity contribution in [2.24, 2.45) is 11.8 Å². The molecule has 3 heterocycles. The average molecular weight is 254 g/mol. The second kappa shape index (κ2) is 3.87. The van der Waals surface area contributed by atoms with Crippen LogP contribution in [0.5, 0.6) is 5.75 Å². The van der Waals surface area contributed by atoms with Gasteiger partial charge in [0, 0.05) is 17.1 Å². The van der Waals surface area contributed by atoms with Crippen LogP contribution >= 0.6 is 0 Å². The summed E-state index contributed by atoms with van der Waals surface area (Å²) >= 11 is 0. The molecule has 1 fully saturated rings. The molecule has 1 aliphatic carbocycles. The van der Waals surface area contributed by atoms with Gasteiger partial charge in [-0.1, -0.05) is 6.92 Å². The molecule has 0 spiro atoms. The molecule has 0 bridgehead atoms. The number of allylic oxidation sites excluding steroid dienone is 1. The zero-order valence-corrected chi connectivity index (χ0v) is 10.8. The Kier molecular flexibility index (Phi) is 2.26. The van der Waals surface area contributed by atoms with Gasteiger partial charge in [-0.15, -0.1) is 0 Å². The van der Waals surface area contributed by atoms with Crippen molar-refractivity contribution < 1.29 is 9.68 Å². The summed E-state index contributed by atoms with van der Waals surface area (Å²) in [6.07, 6.45) is 5.97. The van der Waals surface area contributed by atoms with Crippen LogP contribution in [-0.2, 0) is 0 Å². The van der Waals surface area contributed by atoms with Crippen LogP contribution in [0.25, 0.3) is 16.6 Å². The van der Waals surface area contributed by atoms with E-state index in [9.17, 15) is 5.02 Å². The number of aromatic nitrogens is 2. The van der Waals surface area contributed by atoms with Gasteiger partial charge in [-0.3, -0.25) is 0 Å². The first-order valence-corrected chi connectivity index (χ1v) is 6.75. The second-order valence-electron chi connectivity index (χ2n) is 5.64. The lowest BCUT2D eigenvalue weighted by Crippen LogP contribution is -2.29. The van der Waals surface area contributed by atoms with Gasteiger partial charge < -0.3 is 14.7 Å². The normalized spacial score (nSPS) is 25.6. The second-order valence-corrected chi connectivity index (χ2v) is 5.64. The molecule has 2 aliphatic rings. The molecule has 0 saturated heterocycles. The smallest absolute Gasteiger partial charge is 0.531 e. The molecule has 4 rings (SSSR count). The van der Waals surface area contributed by atoms with E-state index in [1.807, 2.05) is 18.2 Å². The van der Waals surface area contributed by atoms with Crippen LogP contribution in [0.4, 0.5) is 0 Å². The monoisotopic (exact) mass is 254 g/mol. The average Bonchev–Trinajstić information content (AvgIpc) is 2.82. The van der Waals surface area contributed by atoms with Gasteiger partial charge in [-0.05, 0) is 42.3 Å². The molecule has 0 aromatic carbocycles. The molecule has 96 valence electrons. The quantitative estimate of drug-likeness (QED) is 0.768. The van der Waals surface area contributed by atoms with E-state index in [-0.39, 0.29) is 0 Å². The van der Waals surface area contributed by atoms with Crippen LogP contribution in [0.1, 0.15) is 25.3 Å². The summed E-state index contributed by atoms with van der Waals surface area (Å²) in [4.78, 5) is 7.45. The van der Waals surface area contributed by atoms with Crippen molar-refractivity contribution in [1.29, 1.82) is 0 Å². The van der Waals surface area contributed by atoms with E-state index in [1.54, 1.807) is 6.20 Å². The standard InChI is InChI=1S/C14H15BN2O2/c1-8-4-9(5-8)11-6-15(18)19-12-7-17-14-10(13(11)12)2-3-16-14/h2-3,6-9,18H,4-5H2,1H3,(H,16,17)/t8-,9+. The summed E-state index contributed by atoms with van der Waals surface area (Å²) in [6, 6.07) is 2.03. The van der Waals surface area contributed by atoms with Gasteiger partial charge in [0.15, 0.2) is 0 Å². The third-order valence-electron chi connectivity index (χ3n) is 4.22. The van der Waals surface area contributed by atoms with Crippen LogP contribution in [-0.4, -0.2) is 22.1 Å². The summed E-state index contributed by atoms with van der Waals surface area (Å²) in [5.74, 6) is 3.85. The van der Waals surface area contributed by atoms with Gasteiger partial charge in [-0.2, -0.15) is 0 Å². The van der Waals surface area contributed by atoms with E-state index in [0.29, 0.717) is 11.7 Å². The number of rotatable bonds is 1. The van der Waals surface area contributed by atoms with E-state index in [0.717, 1.165) is 22.5 Å². The van der Waals surface area contributed by atoms with Gasteiger partial charge in [0.1, 0.15) is 11.4 Å². The van der Waals surface area contributed by atoms with Crippen molar-refractivity contribution in [3.05, 3.63) is 30.0 Å². The summed E-state index contributed by atoms with van der Waals surface area (Å²) in [5.41, 5.74) is 3.20. The van der Waals surface area contributed by atoms with E-state index >= 15 is 0 Å². The number of hydrogen-bond donors (Lipinski definition) is 2. The lowest BCUT2D eigenvalue weighted by atomic mass is 9.66. The maximum atomic E-state index is 9.85. The summed E-state index contributed by atoms with van der Waals surface area (Å²) < 4.78 is 5.49. The van der Waals surface area contributed by atoms with E-state index < -0.39 is 7.12 Å². The molecule has 0 atom stereocenters. The Morgan fingerprint density at radius 2 is 2.32 bits per heavy atom. The Hall–Kier alpha value is -1.75. The van der Waals surface area contributed by atoms with Gasteiger partial charge in [0.25, 0.3) is 0 Å². The third-order valence-corrected chi connectivity index (χ3v) is 4.22. The summed E-state index contributed by atoms with van der Waals surface area (Å²) in [6.45, 7) is 2.27. The molecule has 1 aliphatic heterocycles. The molecule has 2 N–H and O–H groups in total. The Balaban J connectivity index is 1.89. The van der Waals surface area contributed by atoms with Crippen LogP contribution in [0, 0.1) is 11.8 Å². The molecule has 4 nitrogen and oxygen atoms in total. The highest BCUT2D eigenvalue weighted by atomic mass is 16.5. The molecular formula is C14H15BN2O2. The Morgan fingerprint density at radius 3 is 3.11 bits per heavy atom. The summed E-state index contributed by atoms with van der Waals surface area (Å²) in [7, 11) is -0.850. The molecule has 19 heavy (non-hydrogen) atoms. The zero-order chi connectivity index (χ0) is 13.0. The van der Waals surface area contributed by atoms with Crippen LogP contribution in [0.3, 0.4) is 0 Å². The maximum Gasteiger partial charge on any atom is 0.552 e. The van der Waals surface area contributed by atoms with E-state index in [2.05, 4.69) is 16.9 Å². The molecule has 0 unspecified atom stereocenters. The van der Waals surface area contributed by atoms with Crippen molar-refractivity contribution in [3.63, 3.8) is 0 Å². The number of hydrogen-bond acceptors (Lipinski definition) is 3. The van der Waals surface area contributed by atoms with Gasteiger partial charge in [0.2, 0.25) is 0 Å². The molecule has 2 aromatic rings. The minimum atomic E-state index is -0.850. The third kappa shape index (κ3) is 1.61. The first-order valence-electron chi connectivity index (χ1n) is 6.75. The van der Waals surface area contributed by atoms with Crippen molar-refractivity contribution in [2.75, 3.05) is 0 Å². The Bertz CT molecular complexity index is 673. The Labute approximate surface area is 111 Å². The molecular weight excluding hydrogens is 239 g/mol. The van der Waals surface area contributed by atoms with Crippen molar-refractivity contribution >= 4 is 23.7 Å². The number of aromatic amines is 1. The highest BCUT2D eigenvalue weighted by molar-refractivity contribution is 6.52. The fourth-order valence-electron chi connectivity index (χ4n) is 3.27. The minimum Gasteiger partial charge on any atom is -0.531 e. The van der Waals surface area contributed by atoms with Crippen molar-refractivity contribution in [3.8, 4) is 5.75 Å². The number of nitrogens with zero attached hydrogens (tertiary/aromatic N) is 1. The highest BCUT2D eigenvalue weighted by Gasteiger charge is 2.35. The molecule has 2 aromatic heterocycles. The molecule has 0 radical (unpaired) electrons. The number of H-pyrrole nitrogens is 1. The van der Waals surface area contributed by atoms with Gasteiger partial charge in [0.05, 0.1) is 6.20 Å². The zero-order valence-electron chi connectivity index (χ0n) is 10.8. The summed E-state index contributed by atoms with van der Waals surface area (Å²) in [5, 5.41) is 10.9. The SMILES string of the molecule is C[C@H]1C[C@@H](C2=CB(O)Oc3cnc4[nH]ccc4c32)C1. The predicted octanol–water partition coefficient (Wildman–Crippen LogP) is 2.40. The number of nitrogens with one attached hydrogen (secondary N) is 1. The topological polar surface area (TPSA) is 58.1 Å². The lowest BCUT2D eigenvalue weighted by molar-refractivity contribution is 0.271. The fraction of sp³-hybridized carbons (Fsp3) is 0.357. The Morgan fingerprint density at radius 1 is 1.47 bits per heavy atom. The number of fused-ring (bicyclic) bond motifs is 3. The van der Waals surface area contributed by atoms with Gasteiger partial charge >= 0.3 is 7.12 Å². The van der Waals surface area contributed by atoms with E-state index in [1.165, 1.54) is 18.4 Å². The minimum absolute atomic E-state index is 0.535. The first-order chi connectivity index (χ1) is 9.22. The largest absolute Gasteiger partial charge is 0.552 e. The van der Waals surface area contributed by atoms with Crippen molar-refractivity contribution in [1.82, 2.24) is 9.97 Å². The highest BCUT2D eigenvalue weighted by Crippen LogP contribution is 2.47. The van der Waals surface area contributed by atoms with Crippen LogP contribution in [0.15, 0.2) is 24.4 Å². The van der Waals surface area contributed by atoms with Gasteiger partial charge in [-0.25, -0.2) is 4.98 Å². The number of pyridine rings is 1.